The summed E-state index contributed by atoms with van der Waals surface area (Å²) in [5, 5.41) is 0. The predicted molar refractivity (Wildman–Crippen MR) is 124 cm³/mol. The molecule has 33 heavy (non-hydrogen) atoms. The van der Waals surface area contributed by atoms with E-state index in [4.69, 9.17) is 15.9 Å². The molecule has 0 spiro atoms. The van der Waals surface area contributed by atoms with E-state index >= 15 is 0 Å². The van der Waals surface area contributed by atoms with Crippen LogP contribution in [-0.4, -0.2) is 67.0 Å². The third-order valence-electron chi connectivity index (χ3n) is 5.49. The van der Waals surface area contributed by atoms with Crippen LogP contribution in [-0.2, 0) is 0 Å². The Morgan fingerprint density at radius 1 is 1.15 bits per heavy atom. The van der Waals surface area contributed by atoms with Crippen molar-refractivity contribution >= 4 is 29.1 Å². The molecule has 0 aliphatic carbocycles. The van der Waals surface area contributed by atoms with E-state index in [1.807, 2.05) is 16.8 Å². The van der Waals surface area contributed by atoms with Gasteiger partial charge in [0.05, 0.1) is 12.0 Å². The number of nitrogens with zero attached hydrogens (tertiary/aromatic N) is 6. The van der Waals surface area contributed by atoms with Crippen molar-refractivity contribution in [3.63, 3.8) is 0 Å². The number of nitrogen functional groups attached to an aromatic ring is 1. The maximum absolute atomic E-state index is 14.1. The first-order chi connectivity index (χ1) is 15.9. The van der Waals surface area contributed by atoms with Gasteiger partial charge in [-0.25, -0.2) is 13.8 Å². The average molecular weight is 457 g/mol. The van der Waals surface area contributed by atoms with Crippen LogP contribution >= 0.6 is 0 Å². The van der Waals surface area contributed by atoms with E-state index in [9.17, 15) is 8.78 Å². The van der Waals surface area contributed by atoms with Crippen LogP contribution in [0.3, 0.4) is 0 Å². The molecular formula is C22H26F2N8O. The second-order valence-electron chi connectivity index (χ2n) is 7.76. The number of furan rings is 1. The third kappa shape index (κ3) is 5.55. The van der Waals surface area contributed by atoms with Gasteiger partial charge in [-0.15, -0.1) is 0 Å². The third-order valence-corrected chi connectivity index (χ3v) is 5.49. The molecule has 1 aromatic carbocycles. The fourth-order valence-electron chi connectivity index (χ4n) is 3.65. The van der Waals surface area contributed by atoms with Crippen LogP contribution in [0.1, 0.15) is 5.76 Å². The largest absolute Gasteiger partial charge is 0.461 e. The quantitative estimate of drug-likeness (QED) is 0.411. The van der Waals surface area contributed by atoms with Crippen molar-refractivity contribution in [2.75, 3.05) is 61.8 Å². The standard InChI is InChI=1S/C22H26F2N8O/c1-30(20-14-19(28-22(26)29-20)27-21(25)18-3-2-12-33-18)6-7-31-8-10-32(11-9-31)17-5-4-15(23)13-16(17)24/h2-5,12-14H,6-11H2,1H3,(H4,25,26,27,28,29). The number of aliphatic imine (C=N–C) groups is 1. The van der Waals surface area contributed by atoms with Crippen LogP contribution < -0.4 is 21.3 Å². The summed E-state index contributed by atoms with van der Waals surface area (Å²) in [5.41, 5.74) is 12.3. The molecular weight excluding hydrogens is 430 g/mol. The molecule has 0 amide bonds. The number of halogens is 2. The van der Waals surface area contributed by atoms with Crippen molar-refractivity contribution in [3.05, 3.63) is 60.1 Å². The van der Waals surface area contributed by atoms with Gasteiger partial charge in [0.15, 0.2) is 17.4 Å². The van der Waals surface area contributed by atoms with Gasteiger partial charge in [0.2, 0.25) is 5.95 Å². The summed E-state index contributed by atoms with van der Waals surface area (Å²) in [6.07, 6.45) is 1.52. The minimum Gasteiger partial charge on any atom is -0.461 e. The summed E-state index contributed by atoms with van der Waals surface area (Å²) in [6, 6.07) is 8.84. The Morgan fingerprint density at radius 2 is 1.94 bits per heavy atom. The highest BCUT2D eigenvalue weighted by Gasteiger charge is 2.20. The summed E-state index contributed by atoms with van der Waals surface area (Å²) < 4.78 is 32.5. The molecule has 2 aromatic heterocycles. The van der Waals surface area contributed by atoms with Gasteiger partial charge in [-0.3, -0.25) is 4.90 Å². The zero-order chi connectivity index (χ0) is 23.4. The minimum atomic E-state index is -0.569. The predicted octanol–water partition coefficient (Wildman–Crippen LogP) is 2.23. The fourth-order valence-corrected chi connectivity index (χ4v) is 3.65. The fraction of sp³-hybridized carbons (Fsp3) is 0.318. The number of rotatable bonds is 7. The summed E-state index contributed by atoms with van der Waals surface area (Å²) in [4.78, 5) is 18.9. The molecule has 174 valence electrons. The van der Waals surface area contributed by atoms with E-state index in [1.165, 1.54) is 18.4 Å². The second-order valence-corrected chi connectivity index (χ2v) is 7.76. The lowest BCUT2D eigenvalue weighted by Crippen LogP contribution is -2.48. The molecule has 9 nitrogen and oxygen atoms in total. The maximum atomic E-state index is 14.1. The average Bonchev–Trinajstić information content (AvgIpc) is 3.33. The van der Waals surface area contributed by atoms with Crippen molar-refractivity contribution < 1.29 is 13.2 Å². The molecule has 1 saturated heterocycles. The maximum Gasteiger partial charge on any atom is 0.224 e. The van der Waals surface area contributed by atoms with Crippen LogP contribution in [0.25, 0.3) is 0 Å². The van der Waals surface area contributed by atoms with Crippen LogP contribution in [0.15, 0.2) is 52.1 Å². The van der Waals surface area contributed by atoms with Gasteiger partial charge in [0, 0.05) is 58.4 Å². The lowest BCUT2D eigenvalue weighted by atomic mass is 10.2. The van der Waals surface area contributed by atoms with Crippen molar-refractivity contribution in [2.24, 2.45) is 10.7 Å². The molecule has 0 atom stereocenters. The van der Waals surface area contributed by atoms with E-state index in [1.54, 1.807) is 18.2 Å². The summed E-state index contributed by atoms with van der Waals surface area (Å²) in [7, 11) is 1.91. The normalized spacial score (nSPS) is 15.1. The van der Waals surface area contributed by atoms with Crippen LogP contribution in [0, 0.1) is 11.6 Å². The zero-order valence-electron chi connectivity index (χ0n) is 18.3. The van der Waals surface area contributed by atoms with Gasteiger partial charge in [0.25, 0.3) is 0 Å². The Kier molecular flexibility index (Phi) is 6.68. The molecule has 3 aromatic rings. The first kappa shape index (κ1) is 22.5. The van der Waals surface area contributed by atoms with Crippen LogP contribution in [0.2, 0.25) is 0 Å². The lowest BCUT2D eigenvalue weighted by Gasteiger charge is -2.36. The van der Waals surface area contributed by atoms with Gasteiger partial charge in [0.1, 0.15) is 17.5 Å². The highest BCUT2D eigenvalue weighted by molar-refractivity contribution is 5.96. The van der Waals surface area contributed by atoms with E-state index < -0.39 is 11.6 Å². The van der Waals surface area contributed by atoms with E-state index in [-0.39, 0.29) is 11.8 Å². The Balaban J connectivity index is 1.33. The smallest absolute Gasteiger partial charge is 0.224 e. The highest BCUT2D eigenvalue weighted by atomic mass is 19.1. The number of hydrogen-bond donors (Lipinski definition) is 2. The lowest BCUT2D eigenvalue weighted by molar-refractivity contribution is 0.263. The van der Waals surface area contributed by atoms with E-state index in [0.717, 1.165) is 25.7 Å². The molecule has 3 heterocycles. The van der Waals surface area contributed by atoms with E-state index in [0.29, 0.717) is 42.7 Å². The van der Waals surface area contributed by atoms with Crippen molar-refractivity contribution in [2.45, 2.75) is 0 Å². The molecule has 11 heteroatoms. The Morgan fingerprint density at radius 3 is 2.64 bits per heavy atom. The van der Waals surface area contributed by atoms with Crippen molar-refractivity contribution in [1.82, 2.24) is 14.9 Å². The summed E-state index contributed by atoms with van der Waals surface area (Å²) >= 11 is 0. The summed E-state index contributed by atoms with van der Waals surface area (Å²) in [6.45, 7) is 4.35. The van der Waals surface area contributed by atoms with E-state index in [2.05, 4.69) is 19.9 Å². The first-order valence-corrected chi connectivity index (χ1v) is 10.5. The molecule has 0 unspecified atom stereocenters. The molecule has 0 bridgehead atoms. The summed E-state index contributed by atoms with van der Waals surface area (Å²) in [5.74, 6) is 0.606. The van der Waals surface area contributed by atoms with Gasteiger partial charge in [-0.2, -0.15) is 9.97 Å². The molecule has 1 aliphatic rings. The minimum absolute atomic E-state index is 0.0975. The number of likely N-dealkylation sites (N-methyl/N-ethyl adjacent to an activating group) is 1. The number of aromatic nitrogens is 2. The molecule has 1 fully saturated rings. The monoisotopic (exact) mass is 456 g/mol. The number of benzene rings is 1. The first-order valence-electron chi connectivity index (χ1n) is 10.5. The Bertz CT molecular complexity index is 1110. The van der Waals surface area contributed by atoms with Crippen molar-refractivity contribution in [1.29, 1.82) is 0 Å². The Labute approximate surface area is 190 Å². The van der Waals surface area contributed by atoms with Crippen LogP contribution in [0.4, 0.5) is 32.1 Å². The molecule has 4 N–H and O–H groups in total. The number of anilines is 3. The van der Waals surface area contributed by atoms with Crippen LogP contribution in [0.5, 0.6) is 0 Å². The molecule has 0 radical (unpaired) electrons. The highest BCUT2D eigenvalue weighted by Crippen LogP contribution is 2.22. The van der Waals surface area contributed by atoms with Crippen molar-refractivity contribution in [3.8, 4) is 0 Å². The number of piperazine rings is 1. The number of amidine groups is 1. The van der Waals surface area contributed by atoms with Gasteiger partial charge < -0.3 is 25.7 Å². The Hall–Kier alpha value is -3.73. The second kappa shape index (κ2) is 9.82. The molecule has 4 rings (SSSR count). The van der Waals surface area contributed by atoms with Gasteiger partial charge in [-0.1, -0.05) is 0 Å². The molecule has 0 saturated carbocycles. The number of hydrogen-bond acceptors (Lipinski definition) is 8. The zero-order valence-corrected chi connectivity index (χ0v) is 18.3. The SMILES string of the molecule is CN(CCN1CCN(c2ccc(F)cc2F)CC1)c1cc(/N=C(\N)c2ccco2)nc(N)n1. The van der Waals surface area contributed by atoms with Gasteiger partial charge in [-0.05, 0) is 24.3 Å². The topological polar surface area (TPSA) is 113 Å². The molecule has 1 aliphatic heterocycles. The number of nitrogens with two attached hydrogens (primary N) is 2. The van der Waals surface area contributed by atoms with Gasteiger partial charge >= 0.3 is 0 Å².